The minimum Gasteiger partial charge on any atom is -0.388 e. The number of rotatable bonds is 3. The molecule has 0 spiro atoms. The Hall–Kier alpha value is -2.09. The molecule has 0 radical (unpaired) electrons. The minimum absolute atomic E-state index is 0.559. The van der Waals surface area contributed by atoms with E-state index in [-0.39, 0.29) is 0 Å². The summed E-state index contributed by atoms with van der Waals surface area (Å²) < 4.78 is 0. The fourth-order valence-corrected chi connectivity index (χ4v) is 1.58. The smallest absolute Gasteiger partial charge is 0.0684 e. The largest absolute Gasteiger partial charge is 0.388 e. The van der Waals surface area contributed by atoms with Crippen LogP contribution < -0.4 is 5.32 Å². The summed E-state index contributed by atoms with van der Waals surface area (Å²) in [5, 5.41) is 11.1. The quantitative estimate of drug-likeness (QED) is 0.750. The van der Waals surface area contributed by atoms with Gasteiger partial charge in [0.05, 0.1) is 5.71 Å². The van der Waals surface area contributed by atoms with Crippen LogP contribution in [-0.4, -0.2) is 12.8 Å². The highest BCUT2D eigenvalue weighted by molar-refractivity contribution is 6.10. The molecule has 0 amide bonds. The average molecular weight is 210 g/mol. The Kier molecular flexibility index (Phi) is 3.01. The fraction of sp³-hybridized carbons (Fsp3) is 0.0714. The van der Waals surface area contributed by atoms with Gasteiger partial charge < -0.3 is 5.32 Å². The highest BCUT2D eigenvalue weighted by atomic mass is 14.8. The van der Waals surface area contributed by atoms with E-state index in [1.165, 1.54) is 0 Å². The van der Waals surface area contributed by atoms with Gasteiger partial charge in [-0.15, -0.1) is 0 Å². The monoisotopic (exact) mass is 210 g/mol. The summed E-state index contributed by atoms with van der Waals surface area (Å²) >= 11 is 0. The number of benzene rings is 2. The minimum atomic E-state index is 0.559. The molecule has 0 bridgehead atoms. The molecule has 0 atom stereocenters. The second-order valence-corrected chi connectivity index (χ2v) is 3.57. The molecule has 0 heterocycles. The SMILES string of the molecule is CNc1ccc(C(=N)c2ccccc2)cc1. The van der Waals surface area contributed by atoms with Crippen LogP contribution in [0.15, 0.2) is 54.6 Å². The standard InChI is InChI=1S/C14H14N2/c1-16-13-9-7-12(8-10-13)14(15)11-5-3-2-4-6-11/h2-10,15-16H,1H3. The Balaban J connectivity index is 2.28. The van der Waals surface area contributed by atoms with Crippen molar-refractivity contribution in [3.63, 3.8) is 0 Å². The van der Waals surface area contributed by atoms with Crippen molar-refractivity contribution in [1.82, 2.24) is 0 Å². The summed E-state index contributed by atoms with van der Waals surface area (Å²) in [6.45, 7) is 0. The molecule has 80 valence electrons. The van der Waals surface area contributed by atoms with Crippen LogP contribution in [0.1, 0.15) is 11.1 Å². The molecule has 0 aliphatic carbocycles. The molecule has 0 saturated carbocycles. The molecule has 0 aliphatic heterocycles. The Morgan fingerprint density at radius 1 is 0.875 bits per heavy atom. The van der Waals surface area contributed by atoms with Crippen LogP contribution in [-0.2, 0) is 0 Å². The van der Waals surface area contributed by atoms with Gasteiger partial charge in [0.15, 0.2) is 0 Å². The van der Waals surface area contributed by atoms with Gasteiger partial charge in [-0.25, -0.2) is 0 Å². The van der Waals surface area contributed by atoms with Crippen LogP contribution >= 0.6 is 0 Å². The summed E-state index contributed by atoms with van der Waals surface area (Å²) in [4.78, 5) is 0. The molecule has 16 heavy (non-hydrogen) atoms. The molecular weight excluding hydrogens is 196 g/mol. The lowest BCUT2D eigenvalue weighted by atomic mass is 10.0. The normalized spacial score (nSPS) is 9.81. The third-order valence-electron chi connectivity index (χ3n) is 2.52. The third kappa shape index (κ3) is 2.11. The van der Waals surface area contributed by atoms with Crippen LogP contribution in [0.3, 0.4) is 0 Å². The number of nitrogens with one attached hydrogen (secondary N) is 2. The first-order valence-corrected chi connectivity index (χ1v) is 5.23. The summed E-state index contributed by atoms with van der Waals surface area (Å²) in [6.07, 6.45) is 0. The number of hydrogen-bond donors (Lipinski definition) is 2. The van der Waals surface area contributed by atoms with E-state index in [0.29, 0.717) is 5.71 Å². The second kappa shape index (κ2) is 4.62. The van der Waals surface area contributed by atoms with Gasteiger partial charge in [0.25, 0.3) is 0 Å². The highest BCUT2D eigenvalue weighted by Gasteiger charge is 2.03. The first-order chi connectivity index (χ1) is 7.81. The predicted octanol–water partition coefficient (Wildman–Crippen LogP) is 3.14. The molecule has 2 aromatic rings. The van der Waals surface area contributed by atoms with Crippen LogP contribution in [0.2, 0.25) is 0 Å². The molecule has 2 N–H and O–H groups in total. The average Bonchev–Trinajstić information content (AvgIpc) is 2.39. The summed E-state index contributed by atoms with van der Waals surface area (Å²) in [7, 11) is 1.89. The van der Waals surface area contributed by atoms with Crippen LogP contribution in [0.25, 0.3) is 0 Å². The topological polar surface area (TPSA) is 35.9 Å². The lowest BCUT2D eigenvalue weighted by Gasteiger charge is -2.05. The van der Waals surface area contributed by atoms with E-state index in [2.05, 4.69) is 5.32 Å². The maximum absolute atomic E-state index is 8.08. The number of hydrogen-bond acceptors (Lipinski definition) is 2. The van der Waals surface area contributed by atoms with E-state index in [9.17, 15) is 0 Å². The zero-order chi connectivity index (χ0) is 11.4. The Labute approximate surface area is 95.5 Å². The molecule has 2 rings (SSSR count). The van der Waals surface area contributed by atoms with E-state index >= 15 is 0 Å². The first kappa shape index (κ1) is 10.4. The molecule has 0 fully saturated rings. The van der Waals surface area contributed by atoms with Crippen molar-refractivity contribution in [2.75, 3.05) is 12.4 Å². The van der Waals surface area contributed by atoms with Crippen LogP contribution in [0, 0.1) is 5.41 Å². The molecule has 2 nitrogen and oxygen atoms in total. The van der Waals surface area contributed by atoms with Gasteiger partial charge in [-0.3, -0.25) is 5.41 Å². The predicted molar refractivity (Wildman–Crippen MR) is 68.4 cm³/mol. The van der Waals surface area contributed by atoms with Gasteiger partial charge in [0, 0.05) is 18.3 Å². The van der Waals surface area contributed by atoms with Gasteiger partial charge in [0.2, 0.25) is 0 Å². The maximum atomic E-state index is 8.08. The van der Waals surface area contributed by atoms with Gasteiger partial charge >= 0.3 is 0 Å². The third-order valence-corrected chi connectivity index (χ3v) is 2.52. The Morgan fingerprint density at radius 3 is 2.00 bits per heavy atom. The fourth-order valence-electron chi connectivity index (χ4n) is 1.58. The van der Waals surface area contributed by atoms with Crippen LogP contribution in [0.5, 0.6) is 0 Å². The van der Waals surface area contributed by atoms with E-state index < -0.39 is 0 Å². The summed E-state index contributed by atoms with van der Waals surface area (Å²) in [5.74, 6) is 0. The van der Waals surface area contributed by atoms with E-state index in [1.807, 2.05) is 61.6 Å². The Morgan fingerprint density at radius 2 is 1.44 bits per heavy atom. The molecular formula is C14H14N2. The lowest BCUT2D eigenvalue weighted by molar-refractivity contribution is 1.44. The zero-order valence-corrected chi connectivity index (χ0v) is 9.20. The zero-order valence-electron chi connectivity index (χ0n) is 9.20. The van der Waals surface area contributed by atoms with Crippen molar-refractivity contribution in [2.24, 2.45) is 0 Å². The van der Waals surface area contributed by atoms with E-state index in [1.54, 1.807) is 0 Å². The summed E-state index contributed by atoms with van der Waals surface area (Å²) in [5.41, 5.74) is 3.50. The molecule has 0 saturated heterocycles. The molecule has 0 aliphatic rings. The Bertz CT molecular complexity index is 472. The number of anilines is 1. The van der Waals surface area contributed by atoms with Crippen molar-refractivity contribution in [2.45, 2.75) is 0 Å². The molecule has 0 unspecified atom stereocenters. The first-order valence-electron chi connectivity index (χ1n) is 5.23. The highest BCUT2D eigenvalue weighted by Crippen LogP contribution is 2.13. The van der Waals surface area contributed by atoms with Gasteiger partial charge in [0.1, 0.15) is 0 Å². The summed E-state index contributed by atoms with van der Waals surface area (Å²) in [6, 6.07) is 17.6. The van der Waals surface area contributed by atoms with Crippen molar-refractivity contribution < 1.29 is 0 Å². The molecule has 2 heteroatoms. The molecule has 0 aromatic heterocycles. The van der Waals surface area contributed by atoms with Crippen LogP contribution in [0.4, 0.5) is 5.69 Å². The van der Waals surface area contributed by atoms with Gasteiger partial charge in [-0.05, 0) is 17.7 Å². The lowest BCUT2D eigenvalue weighted by Crippen LogP contribution is -2.00. The maximum Gasteiger partial charge on any atom is 0.0684 e. The van der Waals surface area contributed by atoms with Crippen molar-refractivity contribution in [3.05, 3.63) is 65.7 Å². The second-order valence-electron chi connectivity index (χ2n) is 3.57. The van der Waals surface area contributed by atoms with Gasteiger partial charge in [-0.1, -0.05) is 42.5 Å². The van der Waals surface area contributed by atoms with Crippen molar-refractivity contribution in [1.29, 1.82) is 5.41 Å². The molecule has 2 aromatic carbocycles. The van der Waals surface area contributed by atoms with Crippen molar-refractivity contribution >= 4 is 11.4 Å². The van der Waals surface area contributed by atoms with Crippen molar-refractivity contribution in [3.8, 4) is 0 Å². The van der Waals surface area contributed by atoms with E-state index in [0.717, 1.165) is 16.8 Å². The van der Waals surface area contributed by atoms with Gasteiger partial charge in [-0.2, -0.15) is 0 Å². The van der Waals surface area contributed by atoms with E-state index in [4.69, 9.17) is 5.41 Å².